The Morgan fingerprint density at radius 2 is 1.93 bits per heavy atom. The summed E-state index contributed by atoms with van der Waals surface area (Å²) in [4.78, 5) is 16.4. The molecule has 1 aromatic heterocycles. The van der Waals surface area contributed by atoms with E-state index in [-0.39, 0.29) is 17.9 Å². The number of halogens is 1. The summed E-state index contributed by atoms with van der Waals surface area (Å²) in [7, 11) is 0. The van der Waals surface area contributed by atoms with Crippen molar-refractivity contribution in [2.75, 3.05) is 10.6 Å². The van der Waals surface area contributed by atoms with Crippen LogP contribution in [0.5, 0.6) is 0 Å². The van der Waals surface area contributed by atoms with Gasteiger partial charge in [-0.25, -0.2) is 4.68 Å². The van der Waals surface area contributed by atoms with Crippen molar-refractivity contribution in [3.05, 3.63) is 76.8 Å². The first-order valence-electron chi connectivity index (χ1n) is 9.21. The van der Waals surface area contributed by atoms with Gasteiger partial charge in [-0.1, -0.05) is 67.1 Å². The highest BCUT2D eigenvalue weighted by Crippen LogP contribution is 2.35. The van der Waals surface area contributed by atoms with Gasteiger partial charge in [0.25, 0.3) is 5.95 Å². The second kappa shape index (κ2) is 7.86. The van der Waals surface area contributed by atoms with Crippen molar-refractivity contribution in [3.8, 4) is 0 Å². The van der Waals surface area contributed by atoms with Crippen molar-refractivity contribution in [1.29, 1.82) is 0 Å². The second-order valence-electron chi connectivity index (χ2n) is 6.54. The van der Waals surface area contributed by atoms with Gasteiger partial charge < -0.3 is 5.32 Å². The highest BCUT2D eigenvalue weighted by atomic mass is 35.5. The van der Waals surface area contributed by atoms with Gasteiger partial charge in [-0.15, -0.1) is 5.10 Å². The second-order valence-corrected chi connectivity index (χ2v) is 6.95. The quantitative estimate of drug-likeness (QED) is 0.657. The summed E-state index contributed by atoms with van der Waals surface area (Å²) >= 11 is 6.47. The number of carbonyl (C=O) groups excluding carboxylic acids is 1. The van der Waals surface area contributed by atoms with E-state index >= 15 is 0 Å². The van der Waals surface area contributed by atoms with Crippen molar-refractivity contribution in [2.24, 2.45) is 0 Å². The summed E-state index contributed by atoms with van der Waals surface area (Å²) in [6, 6.07) is 17.4. The molecule has 0 fully saturated rings. The molecule has 2 heterocycles. The van der Waals surface area contributed by atoms with Gasteiger partial charge >= 0.3 is 0 Å². The van der Waals surface area contributed by atoms with Crippen LogP contribution in [-0.4, -0.2) is 20.7 Å². The third-order valence-electron chi connectivity index (χ3n) is 4.50. The van der Waals surface area contributed by atoms with Crippen LogP contribution in [-0.2, 0) is 4.79 Å². The fourth-order valence-corrected chi connectivity index (χ4v) is 3.43. The Labute approximate surface area is 168 Å². The zero-order chi connectivity index (χ0) is 19.5. The molecule has 3 aromatic rings. The van der Waals surface area contributed by atoms with E-state index in [1.54, 1.807) is 4.68 Å². The van der Waals surface area contributed by atoms with Crippen LogP contribution in [0.25, 0.3) is 5.70 Å². The molecule has 4 rings (SSSR count). The summed E-state index contributed by atoms with van der Waals surface area (Å²) in [5.74, 6) is 0.731. The number of hydrogen-bond donors (Lipinski definition) is 2. The number of aromatic nitrogens is 3. The zero-order valence-electron chi connectivity index (χ0n) is 15.4. The standard InChI is InChI=1S/C21H20ClN5O/c1-2-8-19(28)24-20-25-21-23-17(14-9-4-3-5-10-14)13-18(27(21)26-20)15-11-6-7-12-16(15)22/h3-7,9-13,18H,2,8H2,1H3,(H2,23,24,25,26,28)/t18-/m0/s1. The molecular formula is C21H20ClN5O. The van der Waals surface area contributed by atoms with E-state index in [0.29, 0.717) is 17.4 Å². The number of fused-ring (bicyclic) bond motifs is 1. The molecule has 142 valence electrons. The molecule has 7 heteroatoms. The molecule has 0 unspecified atom stereocenters. The Morgan fingerprint density at radius 1 is 1.18 bits per heavy atom. The number of anilines is 2. The molecule has 28 heavy (non-hydrogen) atoms. The maximum Gasteiger partial charge on any atom is 0.250 e. The molecule has 1 atom stereocenters. The van der Waals surface area contributed by atoms with Crippen LogP contribution in [0.3, 0.4) is 0 Å². The van der Waals surface area contributed by atoms with Crippen LogP contribution in [0.15, 0.2) is 60.7 Å². The van der Waals surface area contributed by atoms with Crippen molar-refractivity contribution in [2.45, 2.75) is 25.8 Å². The van der Waals surface area contributed by atoms with Gasteiger partial charge in [0.15, 0.2) is 0 Å². The van der Waals surface area contributed by atoms with Crippen LogP contribution in [0.4, 0.5) is 11.9 Å². The number of benzene rings is 2. The third-order valence-corrected chi connectivity index (χ3v) is 4.85. The lowest BCUT2D eigenvalue weighted by Crippen LogP contribution is -2.20. The number of amides is 1. The van der Waals surface area contributed by atoms with Gasteiger partial charge in [0.05, 0.1) is 0 Å². The molecule has 2 aromatic carbocycles. The maximum atomic E-state index is 12.0. The number of nitrogens with one attached hydrogen (secondary N) is 2. The molecule has 1 aliphatic heterocycles. The topological polar surface area (TPSA) is 71.8 Å². The van der Waals surface area contributed by atoms with Crippen LogP contribution >= 0.6 is 11.6 Å². The summed E-state index contributed by atoms with van der Waals surface area (Å²) in [6.45, 7) is 1.95. The zero-order valence-corrected chi connectivity index (χ0v) is 16.1. The smallest absolute Gasteiger partial charge is 0.250 e. The lowest BCUT2D eigenvalue weighted by molar-refractivity contribution is -0.116. The fourth-order valence-electron chi connectivity index (χ4n) is 3.18. The largest absolute Gasteiger partial charge is 0.324 e. The highest BCUT2D eigenvalue weighted by Gasteiger charge is 2.26. The fraction of sp³-hybridized carbons (Fsp3) is 0.190. The van der Waals surface area contributed by atoms with Gasteiger partial charge in [-0.3, -0.25) is 10.1 Å². The first-order chi connectivity index (χ1) is 13.7. The van der Waals surface area contributed by atoms with Gasteiger partial charge in [-0.05, 0) is 29.7 Å². The van der Waals surface area contributed by atoms with Crippen LogP contribution in [0.1, 0.15) is 36.9 Å². The molecule has 1 aliphatic rings. The van der Waals surface area contributed by atoms with E-state index in [0.717, 1.165) is 23.2 Å². The first kappa shape index (κ1) is 18.3. The normalized spacial score (nSPS) is 15.4. The Hall–Kier alpha value is -3.12. The number of rotatable bonds is 5. The predicted molar refractivity (Wildman–Crippen MR) is 111 cm³/mol. The highest BCUT2D eigenvalue weighted by molar-refractivity contribution is 6.31. The van der Waals surface area contributed by atoms with Gasteiger partial charge in [0.1, 0.15) is 6.04 Å². The number of nitrogens with zero attached hydrogens (tertiary/aromatic N) is 3. The number of hydrogen-bond acceptors (Lipinski definition) is 4. The van der Waals surface area contributed by atoms with E-state index in [2.05, 4.69) is 26.8 Å². The van der Waals surface area contributed by atoms with E-state index in [9.17, 15) is 4.79 Å². The molecule has 0 saturated heterocycles. The van der Waals surface area contributed by atoms with E-state index in [1.165, 1.54) is 0 Å². The predicted octanol–water partition coefficient (Wildman–Crippen LogP) is 4.73. The molecule has 0 bridgehead atoms. The first-order valence-corrected chi connectivity index (χ1v) is 9.58. The SMILES string of the molecule is CCCC(=O)Nc1nc2n(n1)[C@H](c1ccccc1Cl)C=C(c1ccccc1)N2. The molecular weight excluding hydrogens is 374 g/mol. The van der Waals surface area contributed by atoms with Crippen molar-refractivity contribution < 1.29 is 4.79 Å². The van der Waals surface area contributed by atoms with Crippen molar-refractivity contribution >= 4 is 35.1 Å². The average molecular weight is 394 g/mol. The van der Waals surface area contributed by atoms with E-state index < -0.39 is 0 Å². The Bertz CT molecular complexity index is 1030. The molecule has 0 radical (unpaired) electrons. The molecule has 6 nitrogen and oxygen atoms in total. The van der Waals surface area contributed by atoms with Crippen LogP contribution in [0, 0.1) is 0 Å². The van der Waals surface area contributed by atoms with Crippen LogP contribution in [0.2, 0.25) is 5.02 Å². The van der Waals surface area contributed by atoms with E-state index in [1.807, 2.05) is 61.5 Å². The summed E-state index contributed by atoms with van der Waals surface area (Å²) < 4.78 is 1.75. The van der Waals surface area contributed by atoms with Gasteiger partial charge in [0.2, 0.25) is 11.9 Å². The monoisotopic (exact) mass is 393 g/mol. The molecule has 0 saturated carbocycles. The number of carbonyl (C=O) groups is 1. The van der Waals surface area contributed by atoms with Crippen LogP contribution < -0.4 is 10.6 Å². The van der Waals surface area contributed by atoms with Crippen molar-refractivity contribution in [1.82, 2.24) is 14.8 Å². The summed E-state index contributed by atoms with van der Waals surface area (Å²) in [5.41, 5.74) is 2.86. The Balaban J connectivity index is 1.76. The summed E-state index contributed by atoms with van der Waals surface area (Å²) in [6.07, 6.45) is 3.26. The average Bonchev–Trinajstić information content (AvgIpc) is 3.11. The minimum Gasteiger partial charge on any atom is -0.324 e. The summed E-state index contributed by atoms with van der Waals surface area (Å²) in [5, 5.41) is 11.2. The Morgan fingerprint density at radius 3 is 2.68 bits per heavy atom. The van der Waals surface area contributed by atoms with E-state index in [4.69, 9.17) is 11.6 Å². The lowest BCUT2D eigenvalue weighted by atomic mass is 10.0. The van der Waals surface area contributed by atoms with Gasteiger partial charge in [-0.2, -0.15) is 4.98 Å². The molecule has 0 spiro atoms. The molecule has 1 amide bonds. The molecule has 0 aliphatic carbocycles. The lowest BCUT2D eigenvalue weighted by Gasteiger charge is -2.24. The Kier molecular flexibility index (Phi) is 5.12. The number of allylic oxidation sites excluding steroid dienone is 1. The minimum absolute atomic E-state index is 0.101. The molecule has 2 N–H and O–H groups in total. The third kappa shape index (κ3) is 3.64. The van der Waals surface area contributed by atoms with Gasteiger partial charge in [0, 0.05) is 17.1 Å². The van der Waals surface area contributed by atoms with Crippen molar-refractivity contribution in [3.63, 3.8) is 0 Å². The minimum atomic E-state index is -0.246. The maximum absolute atomic E-state index is 12.0.